The van der Waals surface area contributed by atoms with Crippen LogP contribution in [0.3, 0.4) is 0 Å². The second-order valence-corrected chi connectivity index (χ2v) is 3.11. The summed E-state index contributed by atoms with van der Waals surface area (Å²) in [6.07, 6.45) is 4.71. The molecule has 1 N–H and O–H groups in total. The minimum absolute atomic E-state index is 0.227. The largest absolute Gasteiger partial charge is 0.493 e. The molecular formula is C10H9NO3. The molecule has 0 spiro atoms. The number of hydrogen-bond donors (Lipinski definition) is 1. The minimum Gasteiger partial charge on any atom is -0.493 e. The van der Waals surface area contributed by atoms with Crippen LogP contribution in [0.4, 0.5) is 0 Å². The molecule has 0 radical (unpaired) electrons. The highest BCUT2D eigenvalue weighted by atomic mass is 16.5. The zero-order chi connectivity index (χ0) is 10.1. The van der Waals surface area contributed by atoms with Crippen LogP contribution in [-0.4, -0.2) is 16.1 Å². The van der Waals surface area contributed by atoms with Crippen LogP contribution in [0, 0.1) is 0 Å². The summed E-state index contributed by atoms with van der Waals surface area (Å²) in [6.45, 7) is 2.20. The van der Waals surface area contributed by atoms with Crippen molar-refractivity contribution in [2.24, 2.45) is 0 Å². The topological polar surface area (TPSA) is 59.4 Å². The summed E-state index contributed by atoms with van der Waals surface area (Å²) in [5.74, 6) is -0.230. The summed E-state index contributed by atoms with van der Waals surface area (Å²) in [5, 5.41) is 8.92. The summed E-state index contributed by atoms with van der Waals surface area (Å²) in [6, 6.07) is 0. The quantitative estimate of drug-likeness (QED) is 0.733. The molecule has 0 amide bonds. The van der Waals surface area contributed by atoms with Crippen LogP contribution in [0.15, 0.2) is 18.2 Å². The number of aromatic nitrogens is 1. The molecule has 0 saturated heterocycles. The van der Waals surface area contributed by atoms with Crippen LogP contribution < -0.4 is 0 Å². The number of hydrogen-bond acceptors (Lipinski definition) is 3. The Kier molecular flexibility index (Phi) is 1.96. The van der Waals surface area contributed by atoms with E-state index < -0.39 is 5.97 Å². The lowest BCUT2D eigenvalue weighted by molar-refractivity contribution is 0.0695. The second kappa shape index (κ2) is 3.14. The van der Waals surface area contributed by atoms with Crippen molar-refractivity contribution in [1.82, 2.24) is 4.98 Å². The molecule has 1 aromatic rings. The minimum atomic E-state index is -0.958. The van der Waals surface area contributed by atoms with Crippen LogP contribution in [-0.2, 0) is 11.3 Å². The fourth-order valence-corrected chi connectivity index (χ4v) is 1.41. The van der Waals surface area contributed by atoms with Crippen LogP contribution in [0.25, 0.3) is 6.08 Å². The maximum Gasteiger partial charge on any atom is 0.337 e. The zero-order valence-corrected chi connectivity index (χ0v) is 7.65. The molecular weight excluding hydrogens is 182 g/mol. The Morgan fingerprint density at radius 2 is 2.36 bits per heavy atom. The van der Waals surface area contributed by atoms with E-state index in [0.717, 1.165) is 11.3 Å². The van der Waals surface area contributed by atoms with Gasteiger partial charge < -0.3 is 9.84 Å². The highest BCUT2D eigenvalue weighted by Crippen LogP contribution is 2.23. The van der Waals surface area contributed by atoms with Crippen molar-refractivity contribution < 1.29 is 14.6 Å². The van der Waals surface area contributed by atoms with Crippen LogP contribution in [0.2, 0.25) is 0 Å². The molecule has 72 valence electrons. The van der Waals surface area contributed by atoms with Gasteiger partial charge in [0.05, 0.1) is 11.3 Å². The van der Waals surface area contributed by atoms with Gasteiger partial charge in [-0.05, 0) is 13.0 Å². The van der Waals surface area contributed by atoms with Gasteiger partial charge >= 0.3 is 5.97 Å². The Hall–Kier alpha value is -1.84. The fourth-order valence-electron chi connectivity index (χ4n) is 1.41. The number of carboxylic acid groups (broad SMARTS) is 1. The van der Waals surface area contributed by atoms with E-state index in [2.05, 4.69) is 4.98 Å². The molecule has 2 heterocycles. The molecule has 14 heavy (non-hydrogen) atoms. The van der Waals surface area contributed by atoms with Crippen LogP contribution >= 0.6 is 0 Å². The Balaban J connectivity index is 2.61. The highest BCUT2D eigenvalue weighted by molar-refractivity contribution is 5.92. The first-order valence-electron chi connectivity index (χ1n) is 4.20. The van der Waals surface area contributed by atoms with Gasteiger partial charge in [-0.25, -0.2) is 4.79 Å². The third kappa shape index (κ3) is 1.35. The Morgan fingerprint density at radius 1 is 1.57 bits per heavy atom. The van der Waals surface area contributed by atoms with Gasteiger partial charge in [-0.3, -0.25) is 4.98 Å². The van der Waals surface area contributed by atoms with Gasteiger partial charge in [0.2, 0.25) is 0 Å². The van der Waals surface area contributed by atoms with Crippen molar-refractivity contribution in [2.75, 3.05) is 0 Å². The van der Waals surface area contributed by atoms with Gasteiger partial charge in [-0.2, -0.15) is 0 Å². The van der Waals surface area contributed by atoms with Crippen LogP contribution in [0.1, 0.15) is 28.4 Å². The van der Waals surface area contributed by atoms with E-state index in [1.54, 1.807) is 19.2 Å². The number of pyridine rings is 1. The van der Waals surface area contributed by atoms with E-state index in [0.29, 0.717) is 12.2 Å². The second-order valence-electron chi connectivity index (χ2n) is 3.11. The van der Waals surface area contributed by atoms with Crippen molar-refractivity contribution in [3.05, 3.63) is 34.8 Å². The standard InChI is InChI=1S/C10H9NO3/c1-6-2-8-7(5-14-6)3-11-4-9(8)10(12)13/h2-4H,5H2,1H3,(H,12,13). The van der Waals surface area contributed by atoms with Crippen molar-refractivity contribution in [2.45, 2.75) is 13.5 Å². The molecule has 1 aliphatic rings. The molecule has 0 aliphatic carbocycles. The van der Waals surface area contributed by atoms with Crippen molar-refractivity contribution >= 4 is 12.0 Å². The fraction of sp³-hybridized carbons (Fsp3) is 0.200. The summed E-state index contributed by atoms with van der Waals surface area (Å²) in [4.78, 5) is 14.7. The molecule has 4 heteroatoms. The smallest absolute Gasteiger partial charge is 0.337 e. The summed E-state index contributed by atoms with van der Waals surface area (Å²) in [7, 11) is 0. The summed E-state index contributed by atoms with van der Waals surface area (Å²) in [5.41, 5.74) is 1.75. The monoisotopic (exact) mass is 191 g/mol. The number of rotatable bonds is 1. The molecule has 1 aliphatic heterocycles. The van der Waals surface area contributed by atoms with Gasteiger partial charge in [0, 0.05) is 23.5 Å². The van der Waals surface area contributed by atoms with Crippen LogP contribution in [0.5, 0.6) is 0 Å². The maximum absolute atomic E-state index is 10.9. The number of carbonyl (C=O) groups is 1. The maximum atomic E-state index is 10.9. The predicted molar refractivity (Wildman–Crippen MR) is 49.6 cm³/mol. The molecule has 4 nitrogen and oxygen atoms in total. The van der Waals surface area contributed by atoms with Gasteiger partial charge in [-0.1, -0.05) is 0 Å². The van der Waals surface area contributed by atoms with E-state index in [1.807, 2.05) is 0 Å². The highest BCUT2D eigenvalue weighted by Gasteiger charge is 2.16. The third-order valence-electron chi connectivity index (χ3n) is 2.10. The average Bonchev–Trinajstić information content (AvgIpc) is 2.16. The molecule has 0 fully saturated rings. The van der Waals surface area contributed by atoms with Gasteiger partial charge in [-0.15, -0.1) is 0 Å². The third-order valence-corrected chi connectivity index (χ3v) is 2.10. The molecule has 0 atom stereocenters. The lowest BCUT2D eigenvalue weighted by Gasteiger charge is -2.16. The van der Waals surface area contributed by atoms with E-state index >= 15 is 0 Å². The molecule has 2 rings (SSSR count). The van der Waals surface area contributed by atoms with E-state index in [4.69, 9.17) is 9.84 Å². The number of fused-ring (bicyclic) bond motifs is 1. The predicted octanol–water partition coefficient (Wildman–Crippen LogP) is 1.67. The van der Waals surface area contributed by atoms with Gasteiger partial charge in [0.25, 0.3) is 0 Å². The number of nitrogens with zero attached hydrogens (tertiary/aromatic N) is 1. The summed E-state index contributed by atoms with van der Waals surface area (Å²) >= 11 is 0. The molecule has 0 aromatic carbocycles. The zero-order valence-electron chi connectivity index (χ0n) is 7.65. The van der Waals surface area contributed by atoms with E-state index in [1.165, 1.54) is 6.20 Å². The van der Waals surface area contributed by atoms with Crippen molar-refractivity contribution in [1.29, 1.82) is 0 Å². The van der Waals surface area contributed by atoms with Gasteiger partial charge in [0.15, 0.2) is 0 Å². The Labute approximate surface area is 80.8 Å². The normalized spacial score (nSPS) is 13.9. The molecule has 0 unspecified atom stereocenters. The average molecular weight is 191 g/mol. The van der Waals surface area contributed by atoms with E-state index in [-0.39, 0.29) is 5.56 Å². The molecule has 1 aromatic heterocycles. The first-order valence-corrected chi connectivity index (χ1v) is 4.20. The first-order chi connectivity index (χ1) is 6.68. The van der Waals surface area contributed by atoms with Gasteiger partial charge in [0.1, 0.15) is 6.61 Å². The number of aromatic carboxylic acids is 1. The molecule has 0 bridgehead atoms. The van der Waals surface area contributed by atoms with Crippen molar-refractivity contribution in [3.63, 3.8) is 0 Å². The molecule has 0 saturated carbocycles. The number of allylic oxidation sites excluding steroid dienone is 1. The Bertz CT molecular complexity index is 423. The first kappa shape index (κ1) is 8.74. The Morgan fingerprint density at radius 3 is 3.07 bits per heavy atom. The summed E-state index contributed by atoms with van der Waals surface area (Å²) < 4.78 is 5.27. The lowest BCUT2D eigenvalue weighted by atomic mass is 10.0. The van der Waals surface area contributed by atoms with Crippen molar-refractivity contribution in [3.8, 4) is 0 Å². The lowest BCUT2D eigenvalue weighted by Crippen LogP contribution is -2.08. The SMILES string of the molecule is CC1=Cc2c(cncc2C(=O)O)CO1. The number of carboxylic acids is 1. The van der Waals surface area contributed by atoms with E-state index in [9.17, 15) is 4.79 Å². The number of ether oxygens (including phenoxy) is 1.